The number of benzene rings is 1. The zero-order valence-electron chi connectivity index (χ0n) is 10.9. The highest BCUT2D eigenvalue weighted by Gasteiger charge is 2.24. The Morgan fingerprint density at radius 3 is 2.80 bits per heavy atom. The number of carbonyl (C=O) groups is 1. The molecule has 7 heteroatoms. The van der Waals surface area contributed by atoms with Crippen LogP contribution in [-0.2, 0) is 14.8 Å². The van der Waals surface area contributed by atoms with Crippen LogP contribution in [0, 0.1) is 0 Å². The number of hydrogen-bond donors (Lipinski definition) is 1. The number of ether oxygens (including phenoxy) is 1. The summed E-state index contributed by atoms with van der Waals surface area (Å²) < 4.78 is 30.0. The molecule has 20 heavy (non-hydrogen) atoms. The highest BCUT2D eigenvalue weighted by molar-refractivity contribution is 7.95. The first-order chi connectivity index (χ1) is 9.44. The molecule has 1 N–H and O–H groups in total. The standard InChI is InChI=1S/C13H12N2O4S/c1-15-11-6-9(13(16)19-2)5-10-12(11)8(7-14-10)3-4-20(15,17)18/h3-7,14H,1-2H3. The van der Waals surface area contributed by atoms with Crippen molar-refractivity contribution in [3.63, 3.8) is 0 Å². The SMILES string of the molecule is COC(=O)c1cc2c3c(c[nH]c3c1)C=CS(=O)(=O)N2C. The number of aromatic nitrogens is 1. The first kappa shape index (κ1) is 12.7. The Morgan fingerprint density at radius 1 is 1.35 bits per heavy atom. The van der Waals surface area contributed by atoms with Gasteiger partial charge in [-0.3, -0.25) is 4.31 Å². The first-order valence-electron chi connectivity index (χ1n) is 5.84. The summed E-state index contributed by atoms with van der Waals surface area (Å²) in [6.45, 7) is 0. The van der Waals surface area contributed by atoms with Crippen molar-refractivity contribution in [1.29, 1.82) is 0 Å². The molecule has 0 amide bonds. The van der Waals surface area contributed by atoms with Crippen molar-refractivity contribution in [3.8, 4) is 0 Å². The number of hydrogen-bond acceptors (Lipinski definition) is 4. The van der Waals surface area contributed by atoms with Crippen molar-refractivity contribution in [2.75, 3.05) is 18.5 Å². The van der Waals surface area contributed by atoms with Crippen molar-refractivity contribution in [1.82, 2.24) is 4.98 Å². The normalized spacial score (nSPS) is 16.2. The van der Waals surface area contributed by atoms with E-state index in [-0.39, 0.29) is 0 Å². The Bertz CT molecular complexity index is 849. The van der Waals surface area contributed by atoms with Gasteiger partial charge in [0.2, 0.25) is 0 Å². The van der Waals surface area contributed by atoms with E-state index in [9.17, 15) is 13.2 Å². The lowest BCUT2D eigenvalue weighted by atomic mass is 10.1. The monoisotopic (exact) mass is 292 g/mol. The van der Waals surface area contributed by atoms with Gasteiger partial charge in [-0.05, 0) is 18.2 Å². The molecule has 2 aromatic rings. The minimum Gasteiger partial charge on any atom is -0.465 e. The summed E-state index contributed by atoms with van der Waals surface area (Å²) in [5, 5.41) is 1.91. The Labute approximate surface area is 115 Å². The number of methoxy groups -OCH3 is 1. The fourth-order valence-corrected chi connectivity index (χ4v) is 3.19. The molecule has 0 saturated carbocycles. The molecule has 0 radical (unpaired) electrons. The van der Waals surface area contributed by atoms with E-state index in [1.165, 1.54) is 20.2 Å². The minimum absolute atomic E-state index is 0.298. The summed E-state index contributed by atoms with van der Waals surface area (Å²) in [6, 6.07) is 3.17. The van der Waals surface area contributed by atoms with Gasteiger partial charge >= 0.3 is 5.97 Å². The van der Waals surface area contributed by atoms with Gasteiger partial charge in [0, 0.05) is 29.7 Å². The number of sulfonamides is 1. The Hall–Kier alpha value is -2.28. The Morgan fingerprint density at radius 2 is 2.10 bits per heavy atom. The first-order valence-corrected chi connectivity index (χ1v) is 7.35. The number of anilines is 1. The highest BCUT2D eigenvalue weighted by atomic mass is 32.2. The predicted molar refractivity (Wildman–Crippen MR) is 76.0 cm³/mol. The second-order valence-corrected chi connectivity index (χ2v) is 6.32. The smallest absolute Gasteiger partial charge is 0.337 e. The Balaban J connectivity index is 2.39. The number of nitrogens with one attached hydrogen (secondary N) is 1. The number of carbonyl (C=O) groups excluding carboxylic acids is 1. The van der Waals surface area contributed by atoms with Gasteiger partial charge in [0.1, 0.15) is 0 Å². The average Bonchev–Trinajstić information content (AvgIpc) is 2.81. The maximum atomic E-state index is 12.1. The molecule has 0 bridgehead atoms. The summed E-state index contributed by atoms with van der Waals surface area (Å²) in [7, 11) is -0.804. The largest absolute Gasteiger partial charge is 0.465 e. The zero-order chi connectivity index (χ0) is 14.5. The molecule has 1 aliphatic rings. The van der Waals surface area contributed by atoms with Gasteiger partial charge < -0.3 is 9.72 Å². The molecule has 2 heterocycles. The number of H-pyrrole nitrogens is 1. The molecule has 0 aliphatic carbocycles. The average molecular weight is 292 g/mol. The van der Waals surface area contributed by atoms with Crippen LogP contribution in [0.25, 0.3) is 17.0 Å². The molecule has 3 rings (SSSR count). The van der Waals surface area contributed by atoms with E-state index in [1.54, 1.807) is 18.3 Å². The molecule has 0 saturated heterocycles. The maximum Gasteiger partial charge on any atom is 0.337 e. The van der Waals surface area contributed by atoms with Crippen molar-refractivity contribution < 1.29 is 17.9 Å². The molecule has 1 aromatic heterocycles. The number of esters is 1. The predicted octanol–water partition coefficient (Wildman–Crippen LogP) is 1.70. The van der Waals surface area contributed by atoms with Crippen LogP contribution < -0.4 is 4.31 Å². The van der Waals surface area contributed by atoms with Gasteiger partial charge in [0.25, 0.3) is 10.0 Å². The molecular weight excluding hydrogens is 280 g/mol. The van der Waals surface area contributed by atoms with Crippen LogP contribution >= 0.6 is 0 Å². The third kappa shape index (κ3) is 1.70. The number of aromatic amines is 1. The summed E-state index contributed by atoms with van der Waals surface area (Å²) >= 11 is 0. The minimum atomic E-state index is -3.54. The van der Waals surface area contributed by atoms with E-state index in [0.717, 1.165) is 20.7 Å². The lowest BCUT2D eigenvalue weighted by Gasteiger charge is -2.18. The summed E-state index contributed by atoms with van der Waals surface area (Å²) in [4.78, 5) is 14.7. The van der Waals surface area contributed by atoms with E-state index >= 15 is 0 Å². The molecule has 1 aromatic carbocycles. The van der Waals surface area contributed by atoms with E-state index in [4.69, 9.17) is 4.74 Å². The van der Waals surface area contributed by atoms with Crippen molar-refractivity contribution in [3.05, 3.63) is 34.9 Å². The molecule has 0 fully saturated rings. The van der Waals surface area contributed by atoms with E-state index < -0.39 is 16.0 Å². The van der Waals surface area contributed by atoms with Crippen molar-refractivity contribution >= 4 is 38.7 Å². The fourth-order valence-electron chi connectivity index (χ4n) is 2.27. The number of nitrogens with zero attached hydrogens (tertiary/aromatic N) is 1. The van der Waals surface area contributed by atoms with Gasteiger partial charge in [0.05, 0.1) is 23.8 Å². The van der Waals surface area contributed by atoms with Crippen LogP contribution in [0.15, 0.2) is 23.7 Å². The quantitative estimate of drug-likeness (QED) is 0.811. The molecule has 104 valence electrons. The molecular formula is C13H12N2O4S. The molecule has 1 aliphatic heterocycles. The van der Waals surface area contributed by atoms with Gasteiger partial charge in [-0.15, -0.1) is 0 Å². The van der Waals surface area contributed by atoms with Crippen LogP contribution in [0.1, 0.15) is 15.9 Å². The molecule has 0 atom stereocenters. The van der Waals surface area contributed by atoms with E-state index in [2.05, 4.69) is 4.98 Å². The highest BCUT2D eigenvalue weighted by Crippen LogP contribution is 2.35. The topological polar surface area (TPSA) is 79.5 Å². The van der Waals surface area contributed by atoms with E-state index in [1.807, 2.05) is 0 Å². The third-order valence-corrected chi connectivity index (χ3v) is 4.79. The Kier molecular flexibility index (Phi) is 2.62. The lowest BCUT2D eigenvalue weighted by molar-refractivity contribution is 0.0601. The molecule has 0 unspecified atom stereocenters. The van der Waals surface area contributed by atoms with Gasteiger partial charge in [-0.2, -0.15) is 0 Å². The second kappa shape index (κ2) is 4.11. The zero-order valence-corrected chi connectivity index (χ0v) is 11.7. The van der Waals surface area contributed by atoms with Gasteiger partial charge in [-0.1, -0.05) is 0 Å². The summed E-state index contributed by atoms with van der Waals surface area (Å²) in [5.41, 5.74) is 2.20. The van der Waals surface area contributed by atoms with Crippen LogP contribution in [0.2, 0.25) is 0 Å². The molecule has 6 nitrogen and oxygen atoms in total. The van der Waals surface area contributed by atoms with Gasteiger partial charge in [-0.25, -0.2) is 13.2 Å². The van der Waals surface area contributed by atoms with Gasteiger partial charge in [0.15, 0.2) is 0 Å². The molecule has 0 spiro atoms. The lowest BCUT2D eigenvalue weighted by Crippen LogP contribution is -2.24. The third-order valence-electron chi connectivity index (χ3n) is 3.35. The fraction of sp³-hybridized carbons (Fsp3) is 0.154. The van der Waals surface area contributed by atoms with Crippen molar-refractivity contribution in [2.24, 2.45) is 0 Å². The van der Waals surface area contributed by atoms with Crippen LogP contribution in [0.3, 0.4) is 0 Å². The van der Waals surface area contributed by atoms with Crippen LogP contribution in [-0.4, -0.2) is 33.5 Å². The van der Waals surface area contributed by atoms with E-state index in [0.29, 0.717) is 16.8 Å². The summed E-state index contributed by atoms with van der Waals surface area (Å²) in [6.07, 6.45) is 3.25. The number of rotatable bonds is 1. The summed E-state index contributed by atoms with van der Waals surface area (Å²) in [5.74, 6) is -0.512. The van der Waals surface area contributed by atoms with Crippen molar-refractivity contribution in [2.45, 2.75) is 0 Å². The second-order valence-electron chi connectivity index (χ2n) is 4.47. The van der Waals surface area contributed by atoms with Crippen LogP contribution in [0.4, 0.5) is 5.69 Å². The van der Waals surface area contributed by atoms with Crippen LogP contribution in [0.5, 0.6) is 0 Å². The maximum absolute atomic E-state index is 12.1.